The van der Waals surface area contributed by atoms with E-state index in [0.29, 0.717) is 28.1 Å². The zero-order chi connectivity index (χ0) is 16.0. The highest BCUT2D eigenvalue weighted by Crippen LogP contribution is 2.33. The molecule has 0 atom stereocenters. The number of nitrogens with two attached hydrogens (primary N) is 1. The molecule has 6 heteroatoms. The van der Waals surface area contributed by atoms with Crippen LogP contribution in [0.2, 0.25) is 0 Å². The Hall–Kier alpha value is -2.89. The van der Waals surface area contributed by atoms with Crippen molar-refractivity contribution in [1.82, 2.24) is 4.57 Å². The standard InChI is InChI=1S/C16H14FN3O2/c1-8-6-20(9(2)14(8)15(18)21)7-12-11-5-10(17)3-4-13(11)19-16(12)22/h3-7H,1-2H3,(H2,18,21)(H,19,22)/b12-7-. The second-order valence-electron chi connectivity index (χ2n) is 5.23. The number of benzene rings is 1. The van der Waals surface area contributed by atoms with Crippen LogP contribution in [0.5, 0.6) is 0 Å². The quantitative estimate of drug-likeness (QED) is 0.835. The van der Waals surface area contributed by atoms with E-state index in [-0.39, 0.29) is 5.91 Å². The summed E-state index contributed by atoms with van der Waals surface area (Å²) in [6, 6.07) is 4.12. The Morgan fingerprint density at radius 1 is 1.36 bits per heavy atom. The zero-order valence-electron chi connectivity index (χ0n) is 12.1. The maximum atomic E-state index is 13.4. The molecule has 112 valence electrons. The fourth-order valence-electron chi connectivity index (χ4n) is 2.72. The number of primary amides is 1. The van der Waals surface area contributed by atoms with Crippen molar-refractivity contribution in [1.29, 1.82) is 0 Å². The topological polar surface area (TPSA) is 77.1 Å². The first-order chi connectivity index (χ1) is 10.4. The number of aryl methyl sites for hydroxylation is 1. The van der Waals surface area contributed by atoms with E-state index in [1.165, 1.54) is 18.2 Å². The molecule has 0 aliphatic carbocycles. The zero-order valence-corrected chi connectivity index (χ0v) is 12.1. The third kappa shape index (κ3) is 2.09. The Bertz CT molecular complexity index is 849. The SMILES string of the molecule is Cc1cn(/C=C2\C(=O)Nc3ccc(F)cc32)c(C)c1C(N)=O. The average Bonchev–Trinajstić information content (AvgIpc) is 2.88. The van der Waals surface area contributed by atoms with Gasteiger partial charge in [0.2, 0.25) is 0 Å². The summed E-state index contributed by atoms with van der Waals surface area (Å²) in [5, 5.41) is 2.68. The van der Waals surface area contributed by atoms with Crippen LogP contribution in [-0.2, 0) is 4.79 Å². The molecule has 22 heavy (non-hydrogen) atoms. The Morgan fingerprint density at radius 3 is 2.73 bits per heavy atom. The summed E-state index contributed by atoms with van der Waals surface area (Å²) in [5.41, 5.74) is 8.54. The van der Waals surface area contributed by atoms with Crippen LogP contribution in [0.15, 0.2) is 24.4 Å². The van der Waals surface area contributed by atoms with Gasteiger partial charge in [0.25, 0.3) is 11.8 Å². The molecule has 1 aromatic carbocycles. The molecule has 2 amide bonds. The van der Waals surface area contributed by atoms with E-state index in [1.807, 2.05) is 0 Å². The fourth-order valence-corrected chi connectivity index (χ4v) is 2.72. The minimum Gasteiger partial charge on any atom is -0.366 e. The monoisotopic (exact) mass is 299 g/mol. The predicted octanol–water partition coefficient (Wildman–Crippen LogP) is 2.29. The number of nitrogens with zero attached hydrogens (tertiary/aromatic N) is 1. The van der Waals surface area contributed by atoms with Crippen molar-refractivity contribution >= 4 is 29.3 Å². The maximum Gasteiger partial charge on any atom is 0.257 e. The number of aromatic nitrogens is 1. The molecule has 0 saturated heterocycles. The van der Waals surface area contributed by atoms with E-state index in [9.17, 15) is 14.0 Å². The van der Waals surface area contributed by atoms with Gasteiger partial charge in [0.1, 0.15) is 5.82 Å². The lowest BCUT2D eigenvalue weighted by atomic mass is 10.1. The first kappa shape index (κ1) is 14.1. The van der Waals surface area contributed by atoms with Crippen LogP contribution >= 0.6 is 0 Å². The van der Waals surface area contributed by atoms with Gasteiger partial charge >= 0.3 is 0 Å². The molecule has 0 bridgehead atoms. The molecular weight excluding hydrogens is 285 g/mol. The normalized spacial score (nSPS) is 15.0. The molecule has 1 aliphatic heterocycles. The van der Waals surface area contributed by atoms with Crippen molar-refractivity contribution in [3.05, 3.63) is 52.6 Å². The summed E-state index contributed by atoms with van der Waals surface area (Å²) in [5.74, 6) is -1.25. The third-order valence-corrected chi connectivity index (χ3v) is 3.76. The van der Waals surface area contributed by atoms with E-state index in [2.05, 4.69) is 5.32 Å². The van der Waals surface area contributed by atoms with E-state index in [0.717, 1.165) is 5.56 Å². The molecule has 0 spiro atoms. The van der Waals surface area contributed by atoms with Gasteiger partial charge < -0.3 is 15.6 Å². The highest BCUT2D eigenvalue weighted by atomic mass is 19.1. The molecule has 3 rings (SSSR count). The third-order valence-electron chi connectivity index (χ3n) is 3.76. The Labute approximate surface area is 126 Å². The van der Waals surface area contributed by atoms with Gasteiger partial charge in [-0.2, -0.15) is 0 Å². The lowest BCUT2D eigenvalue weighted by molar-refractivity contribution is -0.110. The van der Waals surface area contributed by atoms with Crippen molar-refractivity contribution in [2.45, 2.75) is 13.8 Å². The minimum atomic E-state index is -0.519. The van der Waals surface area contributed by atoms with Gasteiger partial charge in [-0.1, -0.05) is 0 Å². The van der Waals surface area contributed by atoms with Crippen molar-refractivity contribution < 1.29 is 14.0 Å². The number of hydrogen-bond acceptors (Lipinski definition) is 2. The van der Waals surface area contributed by atoms with Crippen LogP contribution < -0.4 is 11.1 Å². The highest BCUT2D eigenvalue weighted by molar-refractivity contribution is 6.34. The number of carbonyl (C=O) groups is 2. The van der Waals surface area contributed by atoms with Crippen LogP contribution in [-0.4, -0.2) is 16.4 Å². The lowest BCUT2D eigenvalue weighted by Crippen LogP contribution is -2.13. The number of nitrogens with one attached hydrogen (secondary N) is 1. The molecule has 5 nitrogen and oxygen atoms in total. The number of amides is 2. The van der Waals surface area contributed by atoms with Crippen molar-refractivity contribution in [3.8, 4) is 0 Å². The highest BCUT2D eigenvalue weighted by Gasteiger charge is 2.25. The molecule has 1 aromatic heterocycles. The minimum absolute atomic E-state index is 0.313. The number of halogens is 1. The Morgan fingerprint density at radius 2 is 2.09 bits per heavy atom. The average molecular weight is 299 g/mol. The maximum absolute atomic E-state index is 13.4. The molecule has 3 N–H and O–H groups in total. The summed E-state index contributed by atoms with van der Waals surface area (Å²) < 4.78 is 15.1. The van der Waals surface area contributed by atoms with Crippen LogP contribution in [0.1, 0.15) is 27.2 Å². The smallest absolute Gasteiger partial charge is 0.257 e. The van der Waals surface area contributed by atoms with Crippen molar-refractivity contribution in [2.24, 2.45) is 5.73 Å². The van der Waals surface area contributed by atoms with Gasteiger partial charge in [-0.05, 0) is 37.6 Å². The van der Waals surface area contributed by atoms with Crippen LogP contribution in [0.4, 0.5) is 10.1 Å². The Balaban J connectivity index is 2.15. The number of hydrogen-bond donors (Lipinski definition) is 2. The fraction of sp³-hybridized carbons (Fsp3) is 0.125. The molecule has 0 fully saturated rings. The summed E-state index contributed by atoms with van der Waals surface area (Å²) in [6.07, 6.45) is 3.29. The molecule has 1 aliphatic rings. The molecule has 2 heterocycles. The second kappa shape index (κ2) is 4.84. The second-order valence-corrected chi connectivity index (χ2v) is 5.23. The molecule has 0 radical (unpaired) electrons. The van der Waals surface area contributed by atoms with Gasteiger partial charge in [0, 0.05) is 29.3 Å². The number of rotatable bonds is 2. The van der Waals surface area contributed by atoms with Gasteiger partial charge in [-0.15, -0.1) is 0 Å². The van der Waals surface area contributed by atoms with E-state index < -0.39 is 11.7 Å². The summed E-state index contributed by atoms with van der Waals surface area (Å²) in [7, 11) is 0. The summed E-state index contributed by atoms with van der Waals surface area (Å²) in [4.78, 5) is 23.5. The first-order valence-electron chi connectivity index (χ1n) is 6.69. The number of anilines is 1. The van der Waals surface area contributed by atoms with Crippen LogP contribution in [0.25, 0.3) is 11.8 Å². The largest absolute Gasteiger partial charge is 0.366 e. The van der Waals surface area contributed by atoms with E-state index in [4.69, 9.17) is 5.73 Å². The summed E-state index contributed by atoms with van der Waals surface area (Å²) in [6.45, 7) is 3.51. The predicted molar refractivity (Wildman–Crippen MR) is 81.6 cm³/mol. The van der Waals surface area contributed by atoms with Crippen LogP contribution in [0.3, 0.4) is 0 Å². The molecular formula is C16H14FN3O2. The van der Waals surface area contributed by atoms with Gasteiger partial charge in [-0.25, -0.2) is 4.39 Å². The number of fused-ring (bicyclic) bond motifs is 1. The molecule has 2 aromatic rings. The van der Waals surface area contributed by atoms with Gasteiger partial charge in [-0.3, -0.25) is 9.59 Å². The Kier molecular flexibility index (Phi) is 3.09. The van der Waals surface area contributed by atoms with E-state index >= 15 is 0 Å². The van der Waals surface area contributed by atoms with Gasteiger partial charge in [0.05, 0.1) is 11.1 Å². The van der Waals surface area contributed by atoms with Crippen molar-refractivity contribution in [3.63, 3.8) is 0 Å². The first-order valence-corrected chi connectivity index (χ1v) is 6.69. The van der Waals surface area contributed by atoms with Crippen LogP contribution in [0, 0.1) is 19.7 Å². The van der Waals surface area contributed by atoms with Crippen molar-refractivity contribution in [2.75, 3.05) is 5.32 Å². The van der Waals surface area contributed by atoms with Gasteiger partial charge in [0.15, 0.2) is 0 Å². The lowest BCUT2D eigenvalue weighted by Gasteiger charge is -2.03. The van der Waals surface area contributed by atoms with E-state index in [1.54, 1.807) is 30.8 Å². The summed E-state index contributed by atoms with van der Waals surface area (Å²) >= 11 is 0. The molecule has 0 unspecified atom stereocenters. The number of carbonyl (C=O) groups excluding carboxylic acids is 2. The molecule has 0 saturated carbocycles.